The van der Waals surface area contributed by atoms with E-state index in [4.69, 9.17) is 4.74 Å². The van der Waals surface area contributed by atoms with Gasteiger partial charge in [0.1, 0.15) is 5.69 Å². The fourth-order valence-corrected chi connectivity index (χ4v) is 5.47. The molecular formula is C19H30N2O6S. The first-order valence-electron chi connectivity index (χ1n) is 9.61. The largest absolute Gasteiger partial charge is 0.451 e. The second kappa shape index (κ2) is 9.09. The third kappa shape index (κ3) is 5.14. The van der Waals surface area contributed by atoms with Crippen molar-refractivity contribution in [2.75, 3.05) is 24.7 Å². The zero-order valence-electron chi connectivity index (χ0n) is 16.9. The zero-order chi connectivity index (χ0) is 21.1. The second-order valence-corrected chi connectivity index (χ2v) is 9.64. The van der Waals surface area contributed by atoms with Crippen LogP contribution in [0.2, 0.25) is 0 Å². The minimum atomic E-state index is -3.12. The maximum absolute atomic E-state index is 12.7. The molecular weight excluding hydrogens is 384 g/mol. The number of aliphatic hydroxyl groups excluding tert-OH is 1. The maximum atomic E-state index is 12.7. The molecule has 0 saturated carbocycles. The molecule has 1 fully saturated rings. The van der Waals surface area contributed by atoms with E-state index in [-0.39, 0.29) is 29.1 Å². The molecule has 0 aliphatic carbocycles. The number of carbonyl (C=O) groups excluding carboxylic acids is 2. The highest BCUT2D eigenvalue weighted by Gasteiger charge is 2.34. The van der Waals surface area contributed by atoms with Crippen LogP contribution in [0.3, 0.4) is 0 Å². The number of H-pyrrole nitrogens is 1. The Morgan fingerprint density at radius 2 is 2.04 bits per heavy atom. The van der Waals surface area contributed by atoms with E-state index < -0.39 is 28.5 Å². The molecule has 9 heteroatoms. The van der Waals surface area contributed by atoms with Crippen LogP contribution in [-0.2, 0) is 19.4 Å². The molecule has 1 aliphatic rings. The number of nitrogens with one attached hydrogen (secondary N) is 1. The summed E-state index contributed by atoms with van der Waals surface area (Å²) in [7, 11) is -3.12. The molecule has 2 N–H and O–H groups in total. The molecule has 0 radical (unpaired) electrons. The summed E-state index contributed by atoms with van der Waals surface area (Å²) in [6.45, 7) is 7.07. The molecule has 2 atom stereocenters. The van der Waals surface area contributed by atoms with Crippen molar-refractivity contribution in [1.29, 1.82) is 0 Å². The zero-order valence-corrected chi connectivity index (χ0v) is 17.8. The monoisotopic (exact) mass is 414 g/mol. The lowest BCUT2D eigenvalue weighted by Crippen LogP contribution is -2.43. The summed E-state index contributed by atoms with van der Waals surface area (Å²) in [5.74, 6) is -1.02. The van der Waals surface area contributed by atoms with Crippen LogP contribution in [0.5, 0.6) is 0 Å². The Morgan fingerprint density at radius 1 is 1.36 bits per heavy atom. The summed E-state index contributed by atoms with van der Waals surface area (Å²) in [6, 6.07) is -0.362. The Balaban J connectivity index is 2.06. The van der Waals surface area contributed by atoms with Crippen molar-refractivity contribution in [3.63, 3.8) is 0 Å². The number of nitrogens with zero attached hydrogens (tertiary/aromatic N) is 1. The highest BCUT2D eigenvalue weighted by Crippen LogP contribution is 2.25. The Kier molecular flexibility index (Phi) is 7.28. The molecule has 8 nitrogen and oxygen atoms in total. The summed E-state index contributed by atoms with van der Waals surface area (Å²) < 4.78 is 28.7. The molecule has 1 saturated heterocycles. The van der Waals surface area contributed by atoms with Crippen molar-refractivity contribution >= 4 is 21.7 Å². The average molecular weight is 415 g/mol. The van der Waals surface area contributed by atoms with Gasteiger partial charge in [-0.15, -0.1) is 0 Å². The fraction of sp³-hybridized carbons (Fsp3) is 0.684. The van der Waals surface area contributed by atoms with E-state index in [1.807, 2.05) is 6.92 Å². The van der Waals surface area contributed by atoms with Gasteiger partial charge in [0.25, 0.3) is 5.91 Å². The van der Waals surface area contributed by atoms with Gasteiger partial charge in [-0.3, -0.25) is 4.79 Å². The van der Waals surface area contributed by atoms with E-state index in [0.29, 0.717) is 29.8 Å². The van der Waals surface area contributed by atoms with Crippen molar-refractivity contribution in [2.24, 2.45) is 0 Å². The molecule has 1 aromatic rings. The van der Waals surface area contributed by atoms with Gasteiger partial charge >= 0.3 is 5.97 Å². The SMILES string of the molecule is CCCCN(C(=O)COC(=O)c1[nH]c(C)c([C@@H](C)O)c1C)[C@H]1CCS(=O)(=O)C1. The van der Waals surface area contributed by atoms with E-state index in [2.05, 4.69) is 4.98 Å². The molecule has 0 unspecified atom stereocenters. The number of unbranched alkanes of at least 4 members (excludes halogenated alkanes) is 1. The molecule has 2 heterocycles. The number of aryl methyl sites for hydroxylation is 1. The molecule has 0 aromatic carbocycles. The highest BCUT2D eigenvalue weighted by atomic mass is 32.2. The van der Waals surface area contributed by atoms with Gasteiger partial charge < -0.3 is 19.7 Å². The first-order valence-corrected chi connectivity index (χ1v) is 11.4. The van der Waals surface area contributed by atoms with Crippen LogP contribution in [0.1, 0.15) is 66.5 Å². The molecule has 158 valence electrons. The second-order valence-electron chi connectivity index (χ2n) is 7.41. The predicted octanol–water partition coefficient (Wildman–Crippen LogP) is 1.66. The van der Waals surface area contributed by atoms with Gasteiger partial charge in [0.05, 0.1) is 17.6 Å². The van der Waals surface area contributed by atoms with E-state index in [0.717, 1.165) is 12.8 Å². The summed E-state index contributed by atoms with van der Waals surface area (Å²) in [4.78, 5) is 29.5. The van der Waals surface area contributed by atoms with Crippen LogP contribution in [0.15, 0.2) is 0 Å². The van der Waals surface area contributed by atoms with Crippen molar-refractivity contribution in [2.45, 2.75) is 59.1 Å². The molecule has 0 bridgehead atoms. The van der Waals surface area contributed by atoms with Crippen molar-refractivity contribution in [3.8, 4) is 0 Å². The Bertz CT molecular complexity index is 828. The fourth-order valence-electron chi connectivity index (χ4n) is 3.74. The molecule has 2 rings (SSSR count). The van der Waals surface area contributed by atoms with Crippen LogP contribution < -0.4 is 0 Å². The molecule has 0 spiro atoms. The minimum Gasteiger partial charge on any atom is -0.451 e. The first-order chi connectivity index (χ1) is 13.1. The third-order valence-electron chi connectivity index (χ3n) is 5.17. The maximum Gasteiger partial charge on any atom is 0.355 e. The predicted molar refractivity (Wildman–Crippen MR) is 105 cm³/mol. The summed E-state index contributed by atoms with van der Waals surface area (Å²) in [6.07, 6.45) is 1.31. The number of hydrogen-bond acceptors (Lipinski definition) is 6. The van der Waals surface area contributed by atoms with Gasteiger partial charge in [0.2, 0.25) is 0 Å². The number of amides is 1. The standard InChI is InChI=1S/C19H30N2O6S/c1-5-6-8-21(15-7-9-28(25,26)11-15)16(23)10-27-19(24)18-12(2)17(14(4)22)13(3)20-18/h14-15,20,22H,5-11H2,1-4H3/t14-,15+/m1/s1. The number of carbonyl (C=O) groups is 2. The third-order valence-corrected chi connectivity index (χ3v) is 6.92. The lowest BCUT2D eigenvalue weighted by molar-refractivity contribution is -0.136. The molecule has 28 heavy (non-hydrogen) atoms. The van der Waals surface area contributed by atoms with Crippen molar-refractivity contribution < 1.29 is 27.9 Å². The number of esters is 1. The lowest BCUT2D eigenvalue weighted by Gasteiger charge is -2.28. The Hall–Kier alpha value is -1.87. The van der Waals surface area contributed by atoms with Crippen LogP contribution in [0.25, 0.3) is 0 Å². The lowest BCUT2D eigenvalue weighted by atomic mass is 10.1. The number of aliphatic hydroxyl groups is 1. The number of ether oxygens (including phenoxy) is 1. The number of aromatic amines is 1. The Morgan fingerprint density at radius 3 is 2.54 bits per heavy atom. The van der Waals surface area contributed by atoms with E-state index in [9.17, 15) is 23.1 Å². The van der Waals surface area contributed by atoms with Crippen LogP contribution in [0, 0.1) is 13.8 Å². The smallest absolute Gasteiger partial charge is 0.355 e. The number of aromatic nitrogens is 1. The molecule has 1 amide bonds. The number of hydrogen-bond donors (Lipinski definition) is 2. The summed E-state index contributed by atoms with van der Waals surface area (Å²) in [5, 5.41) is 9.84. The van der Waals surface area contributed by atoms with Crippen molar-refractivity contribution in [3.05, 3.63) is 22.5 Å². The number of rotatable bonds is 8. The average Bonchev–Trinajstić information content (AvgIpc) is 3.11. The minimum absolute atomic E-state index is 0.0386. The van der Waals surface area contributed by atoms with Crippen LogP contribution in [0.4, 0.5) is 0 Å². The molecule has 1 aromatic heterocycles. The quantitative estimate of drug-likeness (QED) is 0.625. The van der Waals surface area contributed by atoms with E-state index >= 15 is 0 Å². The topological polar surface area (TPSA) is 117 Å². The van der Waals surface area contributed by atoms with E-state index in [1.54, 1.807) is 20.8 Å². The van der Waals surface area contributed by atoms with Gasteiger partial charge in [-0.05, 0) is 39.2 Å². The normalized spacial score (nSPS) is 19.4. The molecule has 1 aliphatic heterocycles. The van der Waals surface area contributed by atoms with Gasteiger partial charge in [0.15, 0.2) is 16.4 Å². The van der Waals surface area contributed by atoms with Gasteiger partial charge in [-0.1, -0.05) is 13.3 Å². The summed E-state index contributed by atoms with van der Waals surface area (Å²) >= 11 is 0. The number of sulfone groups is 1. The summed E-state index contributed by atoms with van der Waals surface area (Å²) in [5.41, 5.74) is 2.12. The van der Waals surface area contributed by atoms with Gasteiger partial charge in [0, 0.05) is 23.8 Å². The highest BCUT2D eigenvalue weighted by molar-refractivity contribution is 7.91. The van der Waals surface area contributed by atoms with Crippen LogP contribution >= 0.6 is 0 Å². The van der Waals surface area contributed by atoms with Crippen molar-refractivity contribution in [1.82, 2.24) is 9.88 Å². The van der Waals surface area contributed by atoms with Gasteiger partial charge in [-0.2, -0.15) is 0 Å². The van der Waals surface area contributed by atoms with Gasteiger partial charge in [-0.25, -0.2) is 13.2 Å². The van der Waals surface area contributed by atoms with Crippen LogP contribution in [-0.4, -0.2) is 66.0 Å². The first kappa shape index (κ1) is 22.4. The Labute approximate surface area is 166 Å². The van der Waals surface area contributed by atoms with E-state index in [1.165, 1.54) is 4.90 Å².